The average molecular weight is 178 g/mol. The second kappa shape index (κ2) is 3.83. The van der Waals surface area contributed by atoms with Crippen LogP contribution in [-0.4, -0.2) is 21.2 Å². The Morgan fingerprint density at radius 1 is 1.23 bits per heavy atom. The molecule has 0 bridgehead atoms. The van der Waals surface area contributed by atoms with Crippen molar-refractivity contribution in [2.24, 2.45) is 0 Å². The maximum atomic E-state index is 9.50. The molecule has 0 aliphatic heterocycles. The van der Waals surface area contributed by atoms with Gasteiger partial charge in [-0.2, -0.15) is 0 Å². The summed E-state index contributed by atoms with van der Waals surface area (Å²) in [6.07, 6.45) is 9.22. The summed E-state index contributed by atoms with van der Waals surface area (Å²) in [4.78, 5) is 7.98. The monoisotopic (exact) mass is 178 g/mol. The number of hydrogen-bond acceptors (Lipinski definition) is 3. The molecule has 0 amide bonds. The zero-order valence-electron chi connectivity index (χ0n) is 7.56. The molecule has 1 aromatic heterocycles. The first-order valence-corrected chi connectivity index (χ1v) is 4.79. The molecule has 0 spiro atoms. The molecule has 1 aromatic rings. The van der Waals surface area contributed by atoms with Gasteiger partial charge in [0.05, 0.1) is 6.10 Å². The molecule has 0 saturated heterocycles. The molecule has 1 aliphatic carbocycles. The predicted molar refractivity (Wildman–Crippen MR) is 49.2 cm³/mol. The molecule has 1 aliphatic rings. The number of hydrogen-bond donors (Lipinski definition) is 1. The topological polar surface area (TPSA) is 46.0 Å². The lowest BCUT2D eigenvalue weighted by Gasteiger charge is -2.25. The van der Waals surface area contributed by atoms with Crippen LogP contribution in [0.3, 0.4) is 0 Å². The van der Waals surface area contributed by atoms with Crippen LogP contribution in [0.2, 0.25) is 0 Å². The Hall–Kier alpha value is -0.960. The maximum absolute atomic E-state index is 9.50. The molecule has 0 aromatic carbocycles. The average Bonchev–Trinajstić information content (AvgIpc) is 2.19. The van der Waals surface area contributed by atoms with Crippen molar-refractivity contribution in [2.75, 3.05) is 0 Å². The minimum atomic E-state index is -0.126. The van der Waals surface area contributed by atoms with E-state index in [9.17, 15) is 5.11 Å². The Morgan fingerprint density at radius 3 is 2.69 bits per heavy atom. The van der Waals surface area contributed by atoms with E-state index in [2.05, 4.69) is 9.97 Å². The van der Waals surface area contributed by atoms with E-state index in [0.717, 1.165) is 25.7 Å². The Kier molecular flexibility index (Phi) is 2.54. The summed E-state index contributed by atoms with van der Waals surface area (Å²) in [6, 6.07) is 0. The van der Waals surface area contributed by atoms with Crippen molar-refractivity contribution in [3.05, 3.63) is 24.3 Å². The van der Waals surface area contributed by atoms with Gasteiger partial charge in [0, 0.05) is 12.4 Å². The summed E-state index contributed by atoms with van der Waals surface area (Å²) in [5.41, 5.74) is 1.17. The van der Waals surface area contributed by atoms with Gasteiger partial charge in [-0.3, -0.25) is 0 Å². The summed E-state index contributed by atoms with van der Waals surface area (Å²) in [5, 5.41) is 9.50. The van der Waals surface area contributed by atoms with Crippen LogP contribution in [-0.2, 0) is 0 Å². The second-order valence-electron chi connectivity index (χ2n) is 3.69. The van der Waals surface area contributed by atoms with E-state index >= 15 is 0 Å². The van der Waals surface area contributed by atoms with Gasteiger partial charge in [-0.15, -0.1) is 0 Å². The van der Waals surface area contributed by atoms with Gasteiger partial charge < -0.3 is 5.11 Å². The lowest BCUT2D eigenvalue weighted by Crippen LogP contribution is -2.18. The standard InChI is InChI=1S/C10H14N2O/c13-10-3-1-2-8(4-10)9-5-11-7-12-6-9/h5-8,10,13H,1-4H2. The van der Waals surface area contributed by atoms with Crippen LogP contribution in [0.5, 0.6) is 0 Å². The zero-order valence-corrected chi connectivity index (χ0v) is 7.56. The van der Waals surface area contributed by atoms with Crippen molar-refractivity contribution in [3.63, 3.8) is 0 Å². The largest absolute Gasteiger partial charge is 0.393 e. The van der Waals surface area contributed by atoms with Gasteiger partial charge in [0.1, 0.15) is 6.33 Å². The highest BCUT2D eigenvalue weighted by Crippen LogP contribution is 2.31. The summed E-state index contributed by atoms with van der Waals surface area (Å²) < 4.78 is 0. The highest BCUT2D eigenvalue weighted by molar-refractivity contribution is 5.11. The molecule has 2 unspecified atom stereocenters. The molecule has 3 nitrogen and oxygen atoms in total. The molecule has 2 atom stereocenters. The highest BCUT2D eigenvalue weighted by atomic mass is 16.3. The van der Waals surface area contributed by atoms with E-state index in [1.54, 1.807) is 6.33 Å². The van der Waals surface area contributed by atoms with Crippen LogP contribution in [0.15, 0.2) is 18.7 Å². The molecular weight excluding hydrogens is 164 g/mol. The first kappa shape index (κ1) is 8.63. The Bertz CT molecular complexity index is 263. The van der Waals surface area contributed by atoms with Gasteiger partial charge in [0.25, 0.3) is 0 Å². The molecule has 70 valence electrons. The lowest BCUT2D eigenvalue weighted by molar-refractivity contribution is 0.119. The molecule has 1 heterocycles. The van der Waals surface area contributed by atoms with Gasteiger partial charge >= 0.3 is 0 Å². The Morgan fingerprint density at radius 2 is 2.00 bits per heavy atom. The Balaban J connectivity index is 2.08. The van der Waals surface area contributed by atoms with Crippen molar-refractivity contribution in [1.82, 2.24) is 9.97 Å². The number of aliphatic hydroxyl groups is 1. The molecule has 1 saturated carbocycles. The van der Waals surface area contributed by atoms with E-state index in [4.69, 9.17) is 0 Å². The van der Waals surface area contributed by atoms with Gasteiger partial charge in [0.15, 0.2) is 0 Å². The van der Waals surface area contributed by atoms with Crippen LogP contribution in [0.1, 0.15) is 37.2 Å². The Labute approximate surface area is 77.8 Å². The van der Waals surface area contributed by atoms with E-state index in [-0.39, 0.29) is 6.10 Å². The summed E-state index contributed by atoms with van der Waals surface area (Å²) in [7, 11) is 0. The van der Waals surface area contributed by atoms with Crippen LogP contribution >= 0.6 is 0 Å². The van der Waals surface area contributed by atoms with Crippen molar-refractivity contribution >= 4 is 0 Å². The fourth-order valence-corrected chi connectivity index (χ4v) is 1.99. The molecule has 3 heteroatoms. The number of nitrogens with zero attached hydrogens (tertiary/aromatic N) is 2. The first-order valence-electron chi connectivity index (χ1n) is 4.79. The quantitative estimate of drug-likeness (QED) is 0.708. The van der Waals surface area contributed by atoms with Gasteiger partial charge in [-0.05, 0) is 30.7 Å². The number of aliphatic hydroxyl groups excluding tert-OH is 1. The third kappa shape index (κ3) is 2.04. The molecule has 1 N–H and O–H groups in total. The maximum Gasteiger partial charge on any atom is 0.115 e. The van der Waals surface area contributed by atoms with E-state index in [0.29, 0.717) is 5.92 Å². The van der Waals surface area contributed by atoms with Crippen molar-refractivity contribution in [3.8, 4) is 0 Å². The van der Waals surface area contributed by atoms with Crippen molar-refractivity contribution < 1.29 is 5.11 Å². The van der Waals surface area contributed by atoms with Crippen molar-refractivity contribution in [1.29, 1.82) is 0 Å². The molecule has 13 heavy (non-hydrogen) atoms. The summed E-state index contributed by atoms with van der Waals surface area (Å²) in [5.74, 6) is 0.463. The third-order valence-electron chi connectivity index (χ3n) is 2.70. The van der Waals surface area contributed by atoms with Gasteiger partial charge in [-0.25, -0.2) is 9.97 Å². The molecular formula is C10H14N2O. The molecule has 0 radical (unpaired) electrons. The third-order valence-corrected chi connectivity index (χ3v) is 2.70. The summed E-state index contributed by atoms with van der Waals surface area (Å²) >= 11 is 0. The zero-order chi connectivity index (χ0) is 9.10. The van der Waals surface area contributed by atoms with Crippen LogP contribution in [0.25, 0.3) is 0 Å². The molecule has 1 fully saturated rings. The van der Waals surface area contributed by atoms with Gasteiger partial charge in [-0.1, -0.05) is 6.42 Å². The second-order valence-corrected chi connectivity index (χ2v) is 3.69. The van der Waals surface area contributed by atoms with Crippen molar-refractivity contribution in [2.45, 2.75) is 37.7 Å². The normalized spacial score (nSPS) is 28.7. The smallest absolute Gasteiger partial charge is 0.115 e. The lowest BCUT2D eigenvalue weighted by atomic mass is 9.84. The van der Waals surface area contributed by atoms with Crippen LogP contribution < -0.4 is 0 Å². The number of aromatic nitrogens is 2. The SMILES string of the molecule is OC1CCCC(c2cncnc2)C1. The van der Waals surface area contributed by atoms with Gasteiger partial charge in [0.2, 0.25) is 0 Å². The summed E-state index contributed by atoms with van der Waals surface area (Å²) in [6.45, 7) is 0. The van der Waals surface area contributed by atoms with E-state index in [1.807, 2.05) is 12.4 Å². The fraction of sp³-hybridized carbons (Fsp3) is 0.600. The minimum Gasteiger partial charge on any atom is -0.393 e. The number of rotatable bonds is 1. The fourth-order valence-electron chi connectivity index (χ4n) is 1.99. The van der Waals surface area contributed by atoms with E-state index < -0.39 is 0 Å². The van der Waals surface area contributed by atoms with Crippen LogP contribution in [0.4, 0.5) is 0 Å². The minimum absolute atomic E-state index is 0.126. The predicted octanol–water partition coefficient (Wildman–Crippen LogP) is 1.50. The van der Waals surface area contributed by atoms with Crippen LogP contribution in [0, 0.1) is 0 Å². The molecule has 2 rings (SSSR count). The van der Waals surface area contributed by atoms with E-state index in [1.165, 1.54) is 5.56 Å². The highest BCUT2D eigenvalue weighted by Gasteiger charge is 2.21. The first-order chi connectivity index (χ1) is 6.36.